The zero-order valence-electron chi connectivity index (χ0n) is 12.1. The van der Waals surface area contributed by atoms with E-state index in [0.29, 0.717) is 12.1 Å². The topological polar surface area (TPSA) is 40.5 Å². The van der Waals surface area contributed by atoms with Gasteiger partial charge >= 0.3 is 8.56 Å². The van der Waals surface area contributed by atoms with Crippen LogP contribution in [0.4, 0.5) is 0 Å². The maximum absolute atomic E-state index is 8.83. The monoisotopic (exact) mass is 264 g/mol. The fourth-order valence-electron chi connectivity index (χ4n) is 1.75. The van der Waals surface area contributed by atoms with Gasteiger partial charge in [0.15, 0.2) is 0 Å². The van der Waals surface area contributed by atoms with Gasteiger partial charge in [0.2, 0.25) is 0 Å². The van der Waals surface area contributed by atoms with Crippen molar-refractivity contribution in [1.29, 1.82) is 0 Å². The Morgan fingerprint density at radius 3 is 0.812 bits per heavy atom. The van der Waals surface area contributed by atoms with E-state index >= 15 is 0 Å². The SMILES string of the molecule is CC[Si](CC)(CC)CC.CC[Si](O)(O)CC. The average Bonchev–Trinajstić information content (AvgIpc) is 2.34. The van der Waals surface area contributed by atoms with Gasteiger partial charge in [-0.2, -0.15) is 0 Å². The Kier molecular flexibility index (Phi) is 11.0. The molecular formula is C12H32O2Si2. The largest absolute Gasteiger partial charge is 0.411 e. The lowest BCUT2D eigenvalue weighted by Gasteiger charge is -2.25. The summed E-state index contributed by atoms with van der Waals surface area (Å²) in [5, 5.41) is 0. The third kappa shape index (κ3) is 7.60. The summed E-state index contributed by atoms with van der Waals surface area (Å²) in [4.78, 5) is 17.7. The summed E-state index contributed by atoms with van der Waals surface area (Å²) in [6.07, 6.45) is 0. The van der Waals surface area contributed by atoms with Gasteiger partial charge in [0.05, 0.1) is 8.07 Å². The van der Waals surface area contributed by atoms with Crippen molar-refractivity contribution in [2.24, 2.45) is 0 Å². The summed E-state index contributed by atoms with van der Waals surface area (Å²) >= 11 is 0. The smallest absolute Gasteiger partial charge is 0.332 e. The van der Waals surface area contributed by atoms with Crippen molar-refractivity contribution in [2.45, 2.75) is 77.8 Å². The van der Waals surface area contributed by atoms with Crippen molar-refractivity contribution in [2.75, 3.05) is 0 Å². The average molecular weight is 265 g/mol. The molecule has 0 atom stereocenters. The number of hydrogen-bond donors (Lipinski definition) is 2. The van der Waals surface area contributed by atoms with Crippen LogP contribution in [-0.4, -0.2) is 26.2 Å². The van der Waals surface area contributed by atoms with Crippen LogP contribution in [0.25, 0.3) is 0 Å². The van der Waals surface area contributed by atoms with Gasteiger partial charge in [0.25, 0.3) is 0 Å². The molecule has 0 rings (SSSR count). The van der Waals surface area contributed by atoms with Gasteiger partial charge in [0, 0.05) is 0 Å². The molecule has 0 aromatic rings. The molecule has 0 aliphatic rings. The molecule has 0 aliphatic carbocycles. The Labute approximate surface area is 104 Å². The molecule has 0 radical (unpaired) electrons. The molecule has 2 nitrogen and oxygen atoms in total. The quantitative estimate of drug-likeness (QED) is 0.713. The van der Waals surface area contributed by atoms with Crippen LogP contribution in [-0.2, 0) is 0 Å². The molecule has 0 bridgehead atoms. The second-order valence-electron chi connectivity index (χ2n) is 4.60. The van der Waals surface area contributed by atoms with E-state index in [4.69, 9.17) is 9.59 Å². The molecule has 100 valence electrons. The molecule has 4 heteroatoms. The lowest BCUT2D eigenvalue weighted by molar-refractivity contribution is 0.362. The van der Waals surface area contributed by atoms with E-state index < -0.39 is 16.6 Å². The van der Waals surface area contributed by atoms with E-state index in [2.05, 4.69) is 27.7 Å². The number of rotatable bonds is 6. The van der Waals surface area contributed by atoms with Crippen LogP contribution >= 0.6 is 0 Å². The Morgan fingerprint density at radius 1 is 0.562 bits per heavy atom. The highest BCUT2D eigenvalue weighted by Crippen LogP contribution is 2.23. The maximum Gasteiger partial charge on any atom is 0.332 e. The molecule has 0 fully saturated rings. The Bertz CT molecular complexity index is 134. The molecule has 0 unspecified atom stereocenters. The van der Waals surface area contributed by atoms with Gasteiger partial charge in [-0.15, -0.1) is 0 Å². The van der Waals surface area contributed by atoms with Crippen molar-refractivity contribution in [1.82, 2.24) is 0 Å². The van der Waals surface area contributed by atoms with Gasteiger partial charge < -0.3 is 9.59 Å². The van der Waals surface area contributed by atoms with Gasteiger partial charge in [-0.05, 0) is 12.1 Å². The predicted octanol–water partition coefficient (Wildman–Crippen LogP) is 3.97. The molecule has 0 saturated heterocycles. The first-order chi connectivity index (χ1) is 7.36. The minimum absolute atomic E-state index is 0.545. The second-order valence-corrected chi connectivity index (χ2v) is 13.8. The van der Waals surface area contributed by atoms with Crippen molar-refractivity contribution in [3.05, 3.63) is 0 Å². The molecule has 0 heterocycles. The highest BCUT2D eigenvalue weighted by molar-refractivity contribution is 6.79. The molecule has 16 heavy (non-hydrogen) atoms. The van der Waals surface area contributed by atoms with E-state index in [1.54, 1.807) is 13.8 Å². The van der Waals surface area contributed by atoms with E-state index in [9.17, 15) is 0 Å². The lowest BCUT2D eigenvalue weighted by atomic mass is 10.9. The lowest BCUT2D eigenvalue weighted by Crippen LogP contribution is -2.31. The fourth-order valence-corrected chi connectivity index (χ4v) is 5.25. The molecular weight excluding hydrogens is 232 g/mol. The summed E-state index contributed by atoms with van der Waals surface area (Å²) in [6.45, 7) is 13.1. The van der Waals surface area contributed by atoms with Crippen molar-refractivity contribution >= 4 is 16.6 Å². The van der Waals surface area contributed by atoms with E-state index in [1.807, 2.05) is 0 Å². The van der Waals surface area contributed by atoms with Crippen LogP contribution in [0, 0.1) is 0 Å². The summed E-state index contributed by atoms with van der Waals surface area (Å²) in [7, 11) is -3.34. The Hall–Kier alpha value is 0.354. The first-order valence-corrected chi connectivity index (χ1v) is 11.9. The second kappa shape index (κ2) is 9.39. The summed E-state index contributed by atoms with van der Waals surface area (Å²) < 4.78 is 0. The maximum atomic E-state index is 8.83. The standard InChI is InChI=1S/C8H20Si.C4H12O2Si/c1-5-9(6-2,7-3)8-4;1-3-7(5,6)4-2/h5-8H2,1-4H3;5-6H,3-4H2,1-2H3. The Morgan fingerprint density at radius 2 is 0.812 bits per heavy atom. The van der Waals surface area contributed by atoms with Crippen LogP contribution in [0.1, 0.15) is 41.5 Å². The van der Waals surface area contributed by atoms with Crippen LogP contribution in [0.15, 0.2) is 0 Å². The van der Waals surface area contributed by atoms with Crippen LogP contribution in [0.2, 0.25) is 36.3 Å². The predicted molar refractivity (Wildman–Crippen MR) is 78.8 cm³/mol. The number of hydrogen-bond acceptors (Lipinski definition) is 2. The van der Waals surface area contributed by atoms with E-state index in [0.717, 1.165) is 0 Å². The van der Waals surface area contributed by atoms with E-state index in [-0.39, 0.29) is 0 Å². The van der Waals surface area contributed by atoms with Gasteiger partial charge in [0.1, 0.15) is 0 Å². The summed E-state index contributed by atoms with van der Waals surface area (Å²) in [6, 6.07) is 7.02. The molecule has 0 aliphatic heterocycles. The zero-order valence-corrected chi connectivity index (χ0v) is 14.1. The highest BCUT2D eigenvalue weighted by Gasteiger charge is 2.23. The van der Waals surface area contributed by atoms with Gasteiger partial charge in [-0.3, -0.25) is 0 Å². The third-order valence-corrected chi connectivity index (χ3v) is 12.4. The van der Waals surface area contributed by atoms with Crippen LogP contribution in [0.5, 0.6) is 0 Å². The molecule has 0 aromatic heterocycles. The van der Waals surface area contributed by atoms with Crippen molar-refractivity contribution < 1.29 is 9.59 Å². The summed E-state index contributed by atoms with van der Waals surface area (Å²) in [5.74, 6) is 0. The third-order valence-electron chi connectivity index (χ3n) is 4.13. The minimum Gasteiger partial charge on any atom is -0.411 e. The van der Waals surface area contributed by atoms with Crippen LogP contribution < -0.4 is 0 Å². The van der Waals surface area contributed by atoms with Crippen LogP contribution in [0.3, 0.4) is 0 Å². The van der Waals surface area contributed by atoms with Crippen molar-refractivity contribution in [3.63, 3.8) is 0 Å². The first kappa shape index (κ1) is 18.7. The Balaban J connectivity index is 0. The van der Waals surface area contributed by atoms with Gasteiger partial charge in [-0.25, -0.2) is 0 Å². The summed E-state index contributed by atoms with van der Waals surface area (Å²) in [5.41, 5.74) is 0. The first-order valence-electron chi connectivity index (χ1n) is 6.81. The normalized spacial score (nSPS) is 12.0. The molecule has 2 N–H and O–H groups in total. The highest BCUT2D eigenvalue weighted by atomic mass is 28.4. The fraction of sp³-hybridized carbons (Fsp3) is 1.00. The van der Waals surface area contributed by atoms with E-state index in [1.165, 1.54) is 24.2 Å². The molecule has 0 saturated carbocycles. The molecule has 0 spiro atoms. The molecule has 0 aromatic carbocycles. The zero-order chi connectivity index (χ0) is 13.2. The van der Waals surface area contributed by atoms with Crippen molar-refractivity contribution in [3.8, 4) is 0 Å². The van der Waals surface area contributed by atoms with Gasteiger partial charge in [-0.1, -0.05) is 65.7 Å². The molecule has 0 amide bonds. The minimum atomic E-state index is -2.65.